The van der Waals surface area contributed by atoms with Crippen LogP contribution in [-0.4, -0.2) is 43.3 Å². The van der Waals surface area contributed by atoms with Crippen LogP contribution in [0.1, 0.15) is 36.0 Å². The van der Waals surface area contributed by atoms with E-state index in [-0.39, 0.29) is 18.3 Å². The van der Waals surface area contributed by atoms with E-state index in [0.717, 1.165) is 30.8 Å². The Bertz CT molecular complexity index is 836. The fraction of sp³-hybridized carbons (Fsp3) is 0.444. The summed E-state index contributed by atoms with van der Waals surface area (Å²) in [4.78, 5) is 9.12. The first-order chi connectivity index (χ1) is 12.5. The summed E-state index contributed by atoms with van der Waals surface area (Å²) in [5.74, 6) is 1.40. The number of rotatable bonds is 7. The third-order valence-electron chi connectivity index (χ3n) is 4.48. The molecule has 3 rings (SSSR count). The Labute approximate surface area is 154 Å². The largest absolute Gasteiger partial charge is 0.373 e. The van der Waals surface area contributed by atoms with Gasteiger partial charge in [0.2, 0.25) is 10.0 Å². The molecule has 0 aliphatic carbocycles. The second-order valence-electron chi connectivity index (χ2n) is 6.50. The minimum absolute atomic E-state index is 0.0225. The number of aromatic nitrogens is 2. The molecule has 1 aromatic carbocycles. The van der Waals surface area contributed by atoms with E-state index < -0.39 is 10.0 Å². The lowest BCUT2D eigenvalue weighted by Gasteiger charge is -2.18. The van der Waals surface area contributed by atoms with Gasteiger partial charge in [-0.25, -0.2) is 18.4 Å². The van der Waals surface area contributed by atoms with Crippen LogP contribution in [0.25, 0.3) is 0 Å². The highest BCUT2D eigenvalue weighted by atomic mass is 32.2. The highest BCUT2D eigenvalue weighted by Crippen LogP contribution is 2.22. The Morgan fingerprint density at radius 3 is 2.69 bits per heavy atom. The van der Waals surface area contributed by atoms with Gasteiger partial charge in [-0.15, -0.1) is 0 Å². The zero-order valence-electron chi connectivity index (χ0n) is 15.1. The molecule has 1 saturated heterocycles. The molecule has 1 aromatic heterocycles. The van der Waals surface area contributed by atoms with Crippen molar-refractivity contribution in [1.29, 1.82) is 0 Å². The SMILES string of the molecule is CNc1cc(CN(C)S(=O)(=O)Cc2ccccc2)nc([C@H]2CCCN2)n1. The summed E-state index contributed by atoms with van der Waals surface area (Å²) in [5.41, 5.74) is 1.46. The molecule has 2 aromatic rings. The molecule has 140 valence electrons. The van der Waals surface area contributed by atoms with Crippen molar-refractivity contribution in [2.24, 2.45) is 0 Å². The number of nitrogens with one attached hydrogen (secondary N) is 2. The first-order valence-corrected chi connectivity index (χ1v) is 10.4. The lowest BCUT2D eigenvalue weighted by Crippen LogP contribution is -2.28. The van der Waals surface area contributed by atoms with Crippen LogP contribution in [0, 0.1) is 0 Å². The van der Waals surface area contributed by atoms with Crippen LogP contribution in [-0.2, 0) is 22.3 Å². The minimum atomic E-state index is -3.43. The molecule has 2 N–H and O–H groups in total. The molecule has 0 amide bonds. The summed E-state index contributed by atoms with van der Waals surface area (Å²) >= 11 is 0. The third-order valence-corrected chi connectivity index (χ3v) is 6.25. The summed E-state index contributed by atoms with van der Waals surface area (Å²) < 4.78 is 26.7. The fourth-order valence-electron chi connectivity index (χ4n) is 3.01. The van der Waals surface area contributed by atoms with Crippen LogP contribution in [0.4, 0.5) is 5.82 Å². The van der Waals surface area contributed by atoms with E-state index in [0.29, 0.717) is 11.5 Å². The van der Waals surface area contributed by atoms with Crippen molar-refractivity contribution in [2.75, 3.05) is 26.0 Å². The van der Waals surface area contributed by atoms with Crippen LogP contribution < -0.4 is 10.6 Å². The normalized spacial score (nSPS) is 17.6. The van der Waals surface area contributed by atoms with Crippen molar-refractivity contribution in [1.82, 2.24) is 19.6 Å². The zero-order chi connectivity index (χ0) is 18.6. The standard InChI is InChI=1S/C18H25N5O2S/c1-19-17-11-15(21-18(22-17)16-9-6-10-20-16)12-23(2)26(24,25)13-14-7-4-3-5-8-14/h3-5,7-8,11,16,20H,6,9-10,12-13H2,1-2H3,(H,19,21,22)/t16-/m1/s1. The van der Waals surface area contributed by atoms with Gasteiger partial charge in [-0.1, -0.05) is 30.3 Å². The Balaban J connectivity index is 1.77. The average Bonchev–Trinajstić information content (AvgIpc) is 3.16. The van der Waals surface area contributed by atoms with Gasteiger partial charge in [0, 0.05) is 20.2 Å². The van der Waals surface area contributed by atoms with Gasteiger partial charge in [-0.2, -0.15) is 4.31 Å². The van der Waals surface area contributed by atoms with Crippen molar-refractivity contribution >= 4 is 15.8 Å². The second kappa shape index (κ2) is 8.11. The summed E-state index contributed by atoms with van der Waals surface area (Å²) in [5, 5.41) is 6.42. The molecule has 1 aliphatic rings. The summed E-state index contributed by atoms with van der Waals surface area (Å²) in [7, 11) is -0.0365. The van der Waals surface area contributed by atoms with Crippen LogP contribution in [0.2, 0.25) is 0 Å². The lowest BCUT2D eigenvalue weighted by atomic mass is 10.2. The molecule has 8 heteroatoms. The number of benzene rings is 1. The topological polar surface area (TPSA) is 87.2 Å². The summed E-state index contributed by atoms with van der Waals surface area (Å²) in [6.07, 6.45) is 2.09. The third kappa shape index (κ3) is 4.57. The first-order valence-electron chi connectivity index (χ1n) is 8.75. The maximum atomic E-state index is 12.7. The number of anilines is 1. The molecule has 0 spiro atoms. The molecule has 0 radical (unpaired) electrons. The summed E-state index contributed by atoms with van der Waals surface area (Å²) in [6, 6.07) is 11.1. The molecule has 0 saturated carbocycles. The molecule has 2 heterocycles. The Morgan fingerprint density at radius 2 is 2.04 bits per heavy atom. The highest BCUT2D eigenvalue weighted by Gasteiger charge is 2.23. The predicted molar refractivity (Wildman–Crippen MR) is 102 cm³/mol. The number of nitrogens with zero attached hydrogens (tertiary/aromatic N) is 3. The maximum Gasteiger partial charge on any atom is 0.218 e. The average molecular weight is 375 g/mol. The van der Waals surface area contributed by atoms with Gasteiger partial charge in [0.1, 0.15) is 11.6 Å². The Hall–Kier alpha value is -2.03. The predicted octanol–water partition coefficient (Wildman–Crippen LogP) is 1.90. The molecule has 1 fully saturated rings. The van der Waals surface area contributed by atoms with Crippen molar-refractivity contribution in [3.05, 3.63) is 53.5 Å². The van der Waals surface area contributed by atoms with Crippen molar-refractivity contribution in [3.63, 3.8) is 0 Å². The van der Waals surface area contributed by atoms with Gasteiger partial charge in [0.05, 0.1) is 24.0 Å². The molecular weight excluding hydrogens is 350 g/mol. The molecule has 26 heavy (non-hydrogen) atoms. The van der Waals surface area contributed by atoms with Crippen LogP contribution in [0.3, 0.4) is 0 Å². The van der Waals surface area contributed by atoms with Crippen molar-refractivity contribution < 1.29 is 8.42 Å². The van der Waals surface area contributed by atoms with Gasteiger partial charge in [-0.3, -0.25) is 0 Å². The van der Waals surface area contributed by atoms with E-state index in [4.69, 9.17) is 0 Å². The molecular formula is C18H25N5O2S. The molecule has 1 aliphatic heterocycles. The van der Waals surface area contributed by atoms with E-state index >= 15 is 0 Å². The van der Waals surface area contributed by atoms with Crippen LogP contribution >= 0.6 is 0 Å². The highest BCUT2D eigenvalue weighted by molar-refractivity contribution is 7.88. The Kier molecular flexibility index (Phi) is 5.85. The van der Waals surface area contributed by atoms with Gasteiger partial charge in [0.25, 0.3) is 0 Å². The quantitative estimate of drug-likeness (QED) is 0.769. The monoisotopic (exact) mass is 375 g/mol. The zero-order valence-corrected chi connectivity index (χ0v) is 16.0. The molecule has 0 unspecified atom stereocenters. The van der Waals surface area contributed by atoms with E-state index in [1.54, 1.807) is 20.2 Å². The van der Waals surface area contributed by atoms with Crippen LogP contribution in [0.5, 0.6) is 0 Å². The lowest BCUT2D eigenvalue weighted by molar-refractivity contribution is 0.459. The van der Waals surface area contributed by atoms with E-state index in [1.165, 1.54) is 4.31 Å². The fourth-order valence-corrected chi connectivity index (χ4v) is 4.17. The number of hydrogen-bond acceptors (Lipinski definition) is 6. The number of sulfonamides is 1. The van der Waals surface area contributed by atoms with Crippen molar-refractivity contribution in [2.45, 2.75) is 31.2 Å². The van der Waals surface area contributed by atoms with Gasteiger partial charge in [0.15, 0.2) is 0 Å². The van der Waals surface area contributed by atoms with Gasteiger partial charge < -0.3 is 10.6 Å². The summed E-state index contributed by atoms with van der Waals surface area (Å²) in [6.45, 7) is 1.17. The Morgan fingerprint density at radius 1 is 1.27 bits per heavy atom. The smallest absolute Gasteiger partial charge is 0.218 e. The second-order valence-corrected chi connectivity index (χ2v) is 8.58. The molecule has 0 bridgehead atoms. The van der Waals surface area contributed by atoms with E-state index in [2.05, 4.69) is 20.6 Å². The first kappa shape index (κ1) is 18.8. The number of hydrogen-bond donors (Lipinski definition) is 2. The van der Waals surface area contributed by atoms with Crippen LogP contribution in [0.15, 0.2) is 36.4 Å². The maximum absolute atomic E-state index is 12.7. The van der Waals surface area contributed by atoms with E-state index in [9.17, 15) is 8.42 Å². The molecule has 1 atom stereocenters. The van der Waals surface area contributed by atoms with E-state index in [1.807, 2.05) is 30.3 Å². The van der Waals surface area contributed by atoms with Crippen molar-refractivity contribution in [3.8, 4) is 0 Å². The molecule has 7 nitrogen and oxygen atoms in total. The van der Waals surface area contributed by atoms with Gasteiger partial charge in [-0.05, 0) is 24.9 Å². The minimum Gasteiger partial charge on any atom is -0.373 e. The van der Waals surface area contributed by atoms with Gasteiger partial charge >= 0.3 is 0 Å².